The van der Waals surface area contributed by atoms with Crippen molar-refractivity contribution in [2.24, 2.45) is 0 Å². The number of hydrogen-bond acceptors (Lipinski definition) is 3. The van der Waals surface area contributed by atoms with Crippen molar-refractivity contribution >= 4 is 17.1 Å². The predicted molar refractivity (Wildman–Crippen MR) is 60.7 cm³/mol. The zero-order valence-electron chi connectivity index (χ0n) is 8.27. The summed E-state index contributed by atoms with van der Waals surface area (Å²) in [5.41, 5.74) is 1.43. The highest BCUT2D eigenvalue weighted by molar-refractivity contribution is 7.08. The van der Waals surface area contributed by atoms with Gasteiger partial charge in [0.2, 0.25) is 0 Å². The first-order valence-corrected chi connectivity index (χ1v) is 5.46. The largest absolute Gasteiger partial charge is 0.497 e. The number of ketones is 1. The molecule has 0 bridgehead atoms. The number of rotatable bonds is 3. The first-order valence-electron chi connectivity index (χ1n) is 4.52. The van der Waals surface area contributed by atoms with Crippen LogP contribution in [-0.4, -0.2) is 12.9 Å². The van der Waals surface area contributed by atoms with Crippen LogP contribution in [0.25, 0.3) is 0 Å². The zero-order valence-corrected chi connectivity index (χ0v) is 9.08. The van der Waals surface area contributed by atoms with Crippen LogP contribution in [0.1, 0.15) is 15.9 Å². The molecule has 0 aliphatic heterocycles. The number of methoxy groups -OCH3 is 1. The lowest BCUT2D eigenvalue weighted by molar-refractivity contribution is 0.103. The summed E-state index contributed by atoms with van der Waals surface area (Å²) in [6.45, 7) is 0. The Morgan fingerprint density at radius 3 is 2.40 bits per heavy atom. The summed E-state index contributed by atoms with van der Waals surface area (Å²) >= 11 is 1.52. The molecule has 1 aromatic carbocycles. The van der Waals surface area contributed by atoms with Gasteiger partial charge in [0, 0.05) is 16.5 Å². The molecule has 0 N–H and O–H groups in total. The Morgan fingerprint density at radius 1 is 1.13 bits per heavy atom. The summed E-state index contributed by atoms with van der Waals surface area (Å²) in [6.07, 6.45) is 0. The lowest BCUT2D eigenvalue weighted by Crippen LogP contribution is -1.98. The van der Waals surface area contributed by atoms with Gasteiger partial charge in [-0.2, -0.15) is 11.3 Å². The molecule has 0 radical (unpaired) electrons. The van der Waals surface area contributed by atoms with Crippen molar-refractivity contribution in [2.75, 3.05) is 7.11 Å². The lowest BCUT2D eigenvalue weighted by Gasteiger charge is -2.01. The lowest BCUT2D eigenvalue weighted by atomic mass is 10.1. The number of carbonyl (C=O) groups is 1. The summed E-state index contributed by atoms with van der Waals surface area (Å²) in [7, 11) is 1.61. The van der Waals surface area contributed by atoms with Crippen LogP contribution in [0, 0.1) is 0 Å². The van der Waals surface area contributed by atoms with Crippen molar-refractivity contribution in [1.82, 2.24) is 0 Å². The number of benzene rings is 1. The Morgan fingerprint density at radius 2 is 1.87 bits per heavy atom. The molecule has 0 spiro atoms. The maximum atomic E-state index is 11.9. The number of hydrogen-bond donors (Lipinski definition) is 0. The Balaban J connectivity index is 2.27. The first-order chi connectivity index (χ1) is 7.31. The third-order valence-electron chi connectivity index (χ3n) is 2.14. The van der Waals surface area contributed by atoms with Gasteiger partial charge in [-0.1, -0.05) is 0 Å². The van der Waals surface area contributed by atoms with Crippen LogP contribution in [0.2, 0.25) is 0 Å². The van der Waals surface area contributed by atoms with Gasteiger partial charge in [0.05, 0.1) is 7.11 Å². The predicted octanol–water partition coefficient (Wildman–Crippen LogP) is 2.99. The molecule has 15 heavy (non-hydrogen) atoms. The van der Waals surface area contributed by atoms with Crippen molar-refractivity contribution < 1.29 is 9.53 Å². The monoisotopic (exact) mass is 218 g/mol. The van der Waals surface area contributed by atoms with Gasteiger partial charge in [-0.3, -0.25) is 4.79 Å². The van der Waals surface area contributed by atoms with Gasteiger partial charge in [0.15, 0.2) is 5.78 Å². The molecule has 0 saturated carbocycles. The van der Waals surface area contributed by atoms with Gasteiger partial charge < -0.3 is 4.74 Å². The molecule has 0 unspecified atom stereocenters. The maximum absolute atomic E-state index is 11.9. The van der Waals surface area contributed by atoms with E-state index in [1.165, 1.54) is 11.3 Å². The van der Waals surface area contributed by atoms with Crippen molar-refractivity contribution in [3.05, 3.63) is 52.2 Å². The fraction of sp³-hybridized carbons (Fsp3) is 0.0833. The molecule has 2 nitrogen and oxygen atoms in total. The number of thiophene rings is 1. The van der Waals surface area contributed by atoms with Gasteiger partial charge >= 0.3 is 0 Å². The van der Waals surface area contributed by atoms with Gasteiger partial charge in [0.1, 0.15) is 5.75 Å². The quantitative estimate of drug-likeness (QED) is 0.740. The molecule has 0 aliphatic rings. The summed E-state index contributed by atoms with van der Waals surface area (Å²) in [5.74, 6) is 0.816. The smallest absolute Gasteiger partial charge is 0.193 e. The molecule has 2 rings (SSSR count). The van der Waals surface area contributed by atoms with E-state index in [-0.39, 0.29) is 5.78 Å². The molecule has 76 valence electrons. The molecule has 0 saturated heterocycles. The molecular weight excluding hydrogens is 208 g/mol. The van der Waals surface area contributed by atoms with Crippen LogP contribution in [0.4, 0.5) is 0 Å². The summed E-state index contributed by atoms with van der Waals surface area (Å²) < 4.78 is 5.03. The van der Waals surface area contributed by atoms with E-state index in [1.807, 2.05) is 16.8 Å². The normalized spacial score (nSPS) is 9.93. The number of ether oxygens (including phenoxy) is 1. The molecule has 2 aromatic rings. The molecule has 0 amide bonds. The molecule has 1 aromatic heterocycles. The Hall–Kier alpha value is -1.61. The van der Waals surface area contributed by atoms with E-state index in [1.54, 1.807) is 31.4 Å². The molecular formula is C12H10O2S. The average Bonchev–Trinajstić information content (AvgIpc) is 2.82. The van der Waals surface area contributed by atoms with Crippen LogP contribution < -0.4 is 4.74 Å². The molecule has 0 aliphatic carbocycles. The summed E-state index contributed by atoms with van der Waals surface area (Å²) in [6, 6.07) is 8.97. The van der Waals surface area contributed by atoms with Crippen LogP contribution in [0.5, 0.6) is 5.75 Å². The second-order valence-electron chi connectivity index (χ2n) is 3.07. The minimum atomic E-state index is 0.0545. The summed E-state index contributed by atoms with van der Waals surface area (Å²) in [5, 5.41) is 3.75. The highest BCUT2D eigenvalue weighted by atomic mass is 32.1. The van der Waals surface area contributed by atoms with Crippen molar-refractivity contribution in [3.8, 4) is 5.75 Å². The maximum Gasteiger partial charge on any atom is 0.193 e. The van der Waals surface area contributed by atoms with Crippen LogP contribution >= 0.6 is 11.3 Å². The van der Waals surface area contributed by atoms with Gasteiger partial charge in [0.25, 0.3) is 0 Å². The van der Waals surface area contributed by atoms with E-state index in [0.29, 0.717) is 5.56 Å². The highest BCUT2D eigenvalue weighted by Gasteiger charge is 2.08. The zero-order chi connectivity index (χ0) is 10.7. The fourth-order valence-corrected chi connectivity index (χ4v) is 1.94. The SMILES string of the molecule is COc1ccc(C(=O)c2ccsc2)cc1. The topological polar surface area (TPSA) is 26.3 Å². The summed E-state index contributed by atoms with van der Waals surface area (Å²) in [4.78, 5) is 11.9. The minimum Gasteiger partial charge on any atom is -0.497 e. The van der Waals surface area contributed by atoms with Crippen LogP contribution in [0.3, 0.4) is 0 Å². The van der Waals surface area contributed by atoms with E-state index in [0.717, 1.165) is 11.3 Å². The molecule has 0 fully saturated rings. The van der Waals surface area contributed by atoms with Crippen molar-refractivity contribution in [2.45, 2.75) is 0 Å². The standard InChI is InChI=1S/C12H10O2S/c1-14-11-4-2-9(3-5-11)12(13)10-6-7-15-8-10/h2-8H,1H3. The molecule has 3 heteroatoms. The van der Waals surface area contributed by atoms with Crippen molar-refractivity contribution in [3.63, 3.8) is 0 Å². The van der Waals surface area contributed by atoms with E-state index in [9.17, 15) is 4.79 Å². The second kappa shape index (κ2) is 4.28. The fourth-order valence-electron chi connectivity index (χ4n) is 1.30. The van der Waals surface area contributed by atoms with Crippen LogP contribution in [0.15, 0.2) is 41.1 Å². The van der Waals surface area contributed by atoms with E-state index in [2.05, 4.69) is 0 Å². The Labute approximate surface area is 92.1 Å². The Bertz CT molecular complexity index is 443. The minimum absolute atomic E-state index is 0.0545. The Kier molecular flexibility index (Phi) is 2.83. The third-order valence-corrected chi connectivity index (χ3v) is 2.82. The van der Waals surface area contributed by atoms with E-state index < -0.39 is 0 Å². The van der Waals surface area contributed by atoms with Crippen molar-refractivity contribution in [1.29, 1.82) is 0 Å². The molecule has 0 atom stereocenters. The van der Waals surface area contributed by atoms with Gasteiger partial charge in [-0.05, 0) is 35.7 Å². The second-order valence-corrected chi connectivity index (χ2v) is 3.85. The third kappa shape index (κ3) is 2.07. The van der Waals surface area contributed by atoms with E-state index in [4.69, 9.17) is 4.74 Å². The number of carbonyl (C=O) groups excluding carboxylic acids is 1. The highest BCUT2D eigenvalue weighted by Crippen LogP contribution is 2.16. The molecule has 1 heterocycles. The average molecular weight is 218 g/mol. The van der Waals surface area contributed by atoms with Crippen LogP contribution in [-0.2, 0) is 0 Å². The van der Waals surface area contributed by atoms with Gasteiger partial charge in [-0.15, -0.1) is 0 Å². The van der Waals surface area contributed by atoms with E-state index >= 15 is 0 Å². The van der Waals surface area contributed by atoms with Gasteiger partial charge in [-0.25, -0.2) is 0 Å². The first kappa shape index (κ1) is 9.93.